The molecule has 0 aliphatic heterocycles. The Balaban J connectivity index is 2.37. The zero-order valence-corrected chi connectivity index (χ0v) is 12.3. The molecule has 0 aliphatic rings. The highest BCUT2D eigenvalue weighted by molar-refractivity contribution is 5.80. The fourth-order valence-electron chi connectivity index (χ4n) is 2.21. The van der Waals surface area contributed by atoms with Crippen LogP contribution in [0.2, 0.25) is 0 Å². The van der Waals surface area contributed by atoms with E-state index in [1.165, 1.54) is 0 Å². The van der Waals surface area contributed by atoms with E-state index in [-0.39, 0.29) is 0 Å². The molecule has 1 heterocycles. The molecular weight excluding hydrogens is 238 g/mol. The Morgan fingerprint density at radius 3 is 2.63 bits per heavy atom. The first-order chi connectivity index (χ1) is 9.21. The highest BCUT2D eigenvalue weighted by Crippen LogP contribution is 2.10. The molecule has 0 atom stereocenters. The molecule has 0 aliphatic carbocycles. The zero-order chi connectivity index (χ0) is 14.1. The van der Waals surface area contributed by atoms with E-state index in [9.17, 15) is 4.79 Å². The van der Waals surface area contributed by atoms with Crippen LogP contribution < -0.4 is 5.73 Å². The molecule has 0 radical (unpaired) electrons. The van der Waals surface area contributed by atoms with Crippen molar-refractivity contribution in [2.75, 3.05) is 6.54 Å². The molecule has 108 valence electrons. The lowest BCUT2D eigenvalue weighted by Crippen LogP contribution is -2.09. The van der Waals surface area contributed by atoms with Gasteiger partial charge in [-0.2, -0.15) is 5.10 Å². The summed E-state index contributed by atoms with van der Waals surface area (Å²) in [6.45, 7) is 5.74. The molecule has 0 amide bonds. The zero-order valence-electron chi connectivity index (χ0n) is 12.3. The van der Waals surface area contributed by atoms with Crippen molar-refractivity contribution in [2.45, 2.75) is 65.3 Å². The number of Topliss-reactive ketones (excluding diaryl/α,β-unsaturated/α-hetero) is 1. The van der Waals surface area contributed by atoms with Crippen molar-refractivity contribution in [1.82, 2.24) is 9.78 Å². The number of hydrogen-bond donors (Lipinski definition) is 1. The first-order valence-corrected chi connectivity index (χ1v) is 7.48. The van der Waals surface area contributed by atoms with Crippen LogP contribution in [0.4, 0.5) is 0 Å². The number of ketones is 1. The summed E-state index contributed by atoms with van der Waals surface area (Å²) in [5.41, 5.74) is 7.58. The Labute approximate surface area is 116 Å². The second-order valence-corrected chi connectivity index (χ2v) is 4.96. The van der Waals surface area contributed by atoms with Gasteiger partial charge in [0.2, 0.25) is 0 Å². The topological polar surface area (TPSA) is 60.9 Å². The maximum absolute atomic E-state index is 11.9. The lowest BCUT2D eigenvalue weighted by molar-refractivity contribution is -0.118. The fraction of sp³-hybridized carbons (Fsp3) is 0.733. The van der Waals surface area contributed by atoms with E-state index in [0.717, 1.165) is 56.6 Å². The summed E-state index contributed by atoms with van der Waals surface area (Å²) in [4.78, 5) is 11.9. The van der Waals surface area contributed by atoms with Crippen LogP contribution in [0.5, 0.6) is 0 Å². The van der Waals surface area contributed by atoms with Gasteiger partial charge in [-0.15, -0.1) is 0 Å². The highest BCUT2D eigenvalue weighted by atomic mass is 16.1. The molecule has 0 saturated carbocycles. The van der Waals surface area contributed by atoms with Gasteiger partial charge in [0.15, 0.2) is 0 Å². The summed E-state index contributed by atoms with van der Waals surface area (Å²) in [6.07, 6.45) is 6.43. The molecule has 1 aromatic rings. The minimum atomic E-state index is 0.324. The van der Waals surface area contributed by atoms with Crippen molar-refractivity contribution >= 4 is 5.78 Å². The average Bonchev–Trinajstić information content (AvgIpc) is 2.80. The van der Waals surface area contributed by atoms with E-state index in [4.69, 9.17) is 5.73 Å². The van der Waals surface area contributed by atoms with Crippen LogP contribution in [0.1, 0.15) is 57.3 Å². The summed E-state index contributed by atoms with van der Waals surface area (Å²) in [6, 6.07) is 2.07. The molecule has 19 heavy (non-hydrogen) atoms. The molecule has 1 aromatic heterocycles. The van der Waals surface area contributed by atoms with E-state index in [1.54, 1.807) is 0 Å². The van der Waals surface area contributed by atoms with Crippen LogP contribution in [0.15, 0.2) is 6.07 Å². The van der Waals surface area contributed by atoms with Crippen LogP contribution in [-0.4, -0.2) is 22.1 Å². The molecule has 4 nitrogen and oxygen atoms in total. The van der Waals surface area contributed by atoms with Gasteiger partial charge in [-0.1, -0.05) is 19.8 Å². The van der Waals surface area contributed by atoms with Crippen molar-refractivity contribution < 1.29 is 4.79 Å². The number of nitrogens with two attached hydrogens (primary N) is 1. The maximum Gasteiger partial charge on any atom is 0.138 e. The highest BCUT2D eigenvalue weighted by Gasteiger charge is 2.10. The molecule has 0 fully saturated rings. The summed E-state index contributed by atoms with van der Waals surface area (Å²) in [7, 11) is 0. The third kappa shape index (κ3) is 5.55. The van der Waals surface area contributed by atoms with Crippen LogP contribution in [0, 0.1) is 0 Å². The van der Waals surface area contributed by atoms with Gasteiger partial charge >= 0.3 is 0 Å². The van der Waals surface area contributed by atoms with Crippen LogP contribution in [-0.2, 0) is 24.2 Å². The molecular formula is C15H27N3O. The molecule has 0 spiro atoms. The normalized spacial score (nSPS) is 10.9. The van der Waals surface area contributed by atoms with Gasteiger partial charge in [-0.05, 0) is 38.8 Å². The number of carbonyl (C=O) groups excluding carboxylic acids is 1. The van der Waals surface area contributed by atoms with Gasteiger partial charge in [-0.3, -0.25) is 9.48 Å². The lowest BCUT2D eigenvalue weighted by atomic mass is 10.1. The van der Waals surface area contributed by atoms with Crippen molar-refractivity contribution in [2.24, 2.45) is 5.73 Å². The van der Waals surface area contributed by atoms with Crippen LogP contribution >= 0.6 is 0 Å². The van der Waals surface area contributed by atoms with Crippen molar-refractivity contribution in [1.29, 1.82) is 0 Å². The van der Waals surface area contributed by atoms with E-state index in [0.29, 0.717) is 18.6 Å². The third-order valence-electron chi connectivity index (χ3n) is 3.36. The Hall–Kier alpha value is -1.16. The largest absolute Gasteiger partial charge is 0.330 e. The molecule has 1 rings (SSSR count). The molecule has 2 N–H and O–H groups in total. The van der Waals surface area contributed by atoms with Gasteiger partial charge in [-0.25, -0.2) is 0 Å². The number of carbonyl (C=O) groups is 1. The Bertz CT molecular complexity index is 385. The monoisotopic (exact) mass is 265 g/mol. The second-order valence-electron chi connectivity index (χ2n) is 4.96. The first-order valence-electron chi connectivity index (χ1n) is 7.48. The summed E-state index contributed by atoms with van der Waals surface area (Å²) in [5.74, 6) is 0.324. The molecule has 0 saturated heterocycles. The standard InChI is InChI=1S/C15H27N3O/c1-3-13-11-14(18(4-2)17-13)12-15(19)9-7-5-6-8-10-16/h11H,3-10,12,16H2,1-2H3. The Morgan fingerprint density at radius 2 is 2.00 bits per heavy atom. The quantitative estimate of drug-likeness (QED) is 0.661. The van der Waals surface area contributed by atoms with Crippen molar-refractivity contribution in [3.05, 3.63) is 17.5 Å². The smallest absolute Gasteiger partial charge is 0.138 e. The Kier molecular flexibility index (Phi) is 7.41. The van der Waals surface area contributed by atoms with E-state index in [2.05, 4.69) is 25.0 Å². The fourth-order valence-corrected chi connectivity index (χ4v) is 2.21. The van der Waals surface area contributed by atoms with Crippen molar-refractivity contribution in [3.63, 3.8) is 0 Å². The van der Waals surface area contributed by atoms with Gasteiger partial charge in [0.1, 0.15) is 5.78 Å². The predicted molar refractivity (Wildman–Crippen MR) is 78.1 cm³/mol. The summed E-state index contributed by atoms with van der Waals surface area (Å²) in [5, 5.41) is 4.47. The number of nitrogens with zero attached hydrogens (tertiary/aromatic N) is 2. The number of rotatable bonds is 10. The molecule has 0 aromatic carbocycles. The third-order valence-corrected chi connectivity index (χ3v) is 3.36. The van der Waals surface area contributed by atoms with E-state index < -0.39 is 0 Å². The van der Waals surface area contributed by atoms with Gasteiger partial charge in [0.25, 0.3) is 0 Å². The minimum Gasteiger partial charge on any atom is -0.330 e. The van der Waals surface area contributed by atoms with Crippen molar-refractivity contribution in [3.8, 4) is 0 Å². The number of hydrogen-bond acceptors (Lipinski definition) is 3. The Morgan fingerprint density at radius 1 is 1.26 bits per heavy atom. The minimum absolute atomic E-state index is 0.324. The van der Waals surface area contributed by atoms with Crippen LogP contribution in [0.3, 0.4) is 0 Å². The summed E-state index contributed by atoms with van der Waals surface area (Å²) >= 11 is 0. The average molecular weight is 265 g/mol. The second kappa shape index (κ2) is 8.86. The maximum atomic E-state index is 11.9. The van der Waals surface area contributed by atoms with E-state index in [1.807, 2.05) is 4.68 Å². The molecule has 0 bridgehead atoms. The van der Waals surface area contributed by atoms with Gasteiger partial charge < -0.3 is 5.73 Å². The van der Waals surface area contributed by atoms with Gasteiger partial charge in [0.05, 0.1) is 5.69 Å². The predicted octanol–water partition coefficient (Wildman–Crippen LogP) is 2.49. The lowest BCUT2D eigenvalue weighted by Gasteiger charge is -2.04. The first kappa shape index (κ1) is 15.9. The van der Waals surface area contributed by atoms with Gasteiger partial charge in [0, 0.05) is 25.1 Å². The SMILES string of the molecule is CCc1cc(CC(=O)CCCCCCN)n(CC)n1. The van der Waals surface area contributed by atoms with Crippen LogP contribution in [0.25, 0.3) is 0 Å². The number of aromatic nitrogens is 2. The molecule has 0 unspecified atom stereocenters. The van der Waals surface area contributed by atoms with E-state index >= 15 is 0 Å². The summed E-state index contributed by atoms with van der Waals surface area (Å²) < 4.78 is 1.95. The number of aryl methyl sites for hydroxylation is 2. The number of unbranched alkanes of at least 4 members (excludes halogenated alkanes) is 3. The molecule has 4 heteroatoms.